The molecule has 21 heavy (non-hydrogen) atoms. The molecule has 1 amide bonds. The lowest BCUT2D eigenvalue weighted by Gasteiger charge is -2.16. The zero-order valence-corrected chi connectivity index (χ0v) is 12.3. The number of para-hydroxylation sites is 2. The van der Waals surface area contributed by atoms with Gasteiger partial charge in [-0.25, -0.2) is 0 Å². The summed E-state index contributed by atoms with van der Waals surface area (Å²) in [6, 6.07) is 14.9. The summed E-state index contributed by atoms with van der Waals surface area (Å²) in [5, 5.41) is 2.77. The van der Waals surface area contributed by atoms with Crippen molar-refractivity contribution in [2.45, 2.75) is 26.4 Å². The number of nitrogens with two attached hydrogens (primary N) is 1. The fourth-order valence-corrected chi connectivity index (χ4v) is 1.94. The van der Waals surface area contributed by atoms with Gasteiger partial charge < -0.3 is 15.8 Å². The summed E-state index contributed by atoms with van der Waals surface area (Å²) in [7, 11) is 0. The lowest BCUT2D eigenvalue weighted by molar-refractivity contribution is -0.122. The Bertz CT molecular complexity index is 626. The van der Waals surface area contributed by atoms with E-state index in [0.717, 1.165) is 6.42 Å². The van der Waals surface area contributed by atoms with Crippen LogP contribution in [0.4, 0.5) is 11.4 Å². The van der Waals surface area contributed by atoms with E-state index < -0.39 is 6.10 Å². The van der Waals surface area contributed by atoms with E-state index in [2.05, 4.69) is 12.2 Å². The summed E-state index contributed by atoms with van der Waals surface area (Å²) >= 11 is 0. The van der Waals surface area contributed by atoms with Crippen LogP contribution in [0.15, 0.2) is 48.5 Å². The number of amides is 1. The van der Waals surface area contributed by atoms with E-state index in [1.807, 2.05) is 36.4 Å². The number of ether oxygens (including phenoxy) is 1. The minimum atomic E-state index is -0.600. The molecule has 0 aromatic heterocycles. The highest BCUT2D eigenvalue weighted by Gasteiger charge is 2.15. The van der Waals surface area contributed by atoms with Gasteiger partial charge in [-0.3, -0.25) is 4.79 Å². The summed E-state index contributed by atoms with van der Waals surface area (Å²) in [5.41, 5.74) is 8.11. The maximum absolute atomic E-state index is 12.1. The molecule has 0 saturated heterocycles. The first kappa shape index (κ1) is 14.9. The number of carbonyl (C=O) groups is 1. The van der Waals surface area contributed by atoms with Crippen LogP contribution in [0.3, 0.4) is 0 Å². The third-order valence-electron chi connectivity index (χ3n) is 3.21. The van der Waals surface area contributed by atoms with Gasteiger partial charge in [0.05, 0.1) is 11.4 Å². The summed E-state index contributed by atoms with van der Waals surface area (Å²) in [5.74, 6) is 0.466. The van der Waals surface area contributed by atoms with Gasteiger partial charge in [-0.1, -0.05) is 31.2 Å². The van der Waals surface area contributed by atoms with Gasteiger partial charge in [0, 0.05) is 0 Å². The van der Waals surface area contributed by atoms with Crippen LogP contribution in [0.5, 0.6) is 5.75 Å². The minimum Gasteiger partial charge on any atom is -0.481 e. The van der Waals surface area contributed by atoms with Gasteiger partial charge in [-0.05, 0) is 43.2 Å². The number of carbonyl (C=O) groups excluding carboxylic acids is 1. The molecule has 0 bridgehead atoms. The van der Waals surface area contributed by atoms with Crippen molar-refractivity contribution in [1.29, 1.82) is 0 Å². The molecule has 4 nitrogen and oxygen atoms in total. The molecule has 0 saturated carbocycles. The second kappa shape index (κ2) is 6.79. The number of rotatable bonds is 5. The molecular formula is C17H20N2O2. The highest BCUT2D eigenvalue weighted by Crippen LogP contribution is 2.19. The van der Waals surface area contributed by atoms with Gasteiger partial charge >= 0.3 is 0 Å². The number of hydrogen-bond donors (Lipinski definition) is 2. The molecule has 0 aliphatic carbocycles. The molecule has 0 aliphatic rings. The van der Waals surface area contributed by atoms with Crippen LogP contribution in [0.25, 0.3) is 0 Å². The van der Waals surface area contributed by atoms with E-state index in [1.165, 1.54) is 5.56 Å². The Labute approximate surface area is 124 Å². The molecular weight excluding hydrogens is 264 g/mol. The van der Waals surface area contributed by atoms with Crippen molar-refractivity contribution in [3.05, 3.63) is 54.1 Å². The Morgan fingerprint density at radius 3 is 2.71 bits per heavy atom. The smallest absolute Gasteiger partial charge is 0.265 e. The van der Waals surface area contributed by atoms with E-state index in [-0.39, 0.29) is 5.91 Å². The van der Waals surface area contributed by atoms with Crippen molar-refractivity contribution in [2.24, 2.45) is 0 Å². The predicted octanol–water partition coefficient (Wildman–Crippen LogP) is 3.24. The quantitative estimate of drug-likeness (QED) is 0.828. The number of benzene rings is 2. The van der Waals surface area contributed by atoms with Crippen LogP contribution in [0.1, 0.15) is 19.4 Å². The summed E-state index contributed by atoms with van der Waals surface area (Å²) in [6.45, 7) is 3.79. The first-order chi connectivity index (χ1) is 10.1. The molecule has 0 heterocycles. The Morgan fingerprint density at radius 2 is 2.00 bits per heavy atom. The maximum Gasteiger partial charge on any atom is 0.265 e. The van der Waals surface area contributed by atoms with Crippen molar-refractivity contribution < 1.29 is 9.53 Å². The molecule has 3 N–H and O–H groups in total. The van der Waals surface area contributed by atoms with Crippen LogP contribution < -0.4 is 15.8 Å². The van der Waals surface area contributed by atoms with Crippen LogP contribution >= 0.6 is 0 Å². The fourth-order valence-electron chi connectivity index (χ4n) is 1.94. The highest BCUT2D eigenvalue weighted by atomic mass is 16.5. The van der Waals surface area contributed by atoms with E-state index in [0.29, 0.717) is 17.1 Å². The highest BCUT2D eigenvalue weighted by molar-refractivity contribution is 5.96. The molecule has 0 aliphatic heterocycles. The number of nitrogen functional groups attached to an aromatic ring is 1. The first-order valence-electron chi connectivity index (χ1n) is 7.01. The van der Waals surface area contributed by atoms with Crippen molar-refractivity contribution >= 4 is 17.3 Å². The van der Waals surface area contributed by atoms with Gasteiger partial charge in [0.25, 0.3) is 5.91 Å². The standard InChI is InChI=1S/C17H20N2O2/c1-3-13-7-6-8-14(11-13)21-12(2)17(20)19-16-10-5-4-9-15(16)18/h4-12H,3,18H2,1-2H3,(H,19,20). The van der Waals surface area contributed by atoms with E-state index in [1.54, 1.807) is 19.1 Å². The summed E-state index contributed by atoms with van der Waals surface area (Å²) in [6.07, 6.45) is 0.329. The second-order valence-electron chi connectivity index (χ2n) is 4.84. The predicted molar refractivity (Wildman–Crippen MR) is 85.4 cm³/mol. The maximum atomic E-state index is 12.1. The van der Waals surface area contributed by atoms with Gasteiger partial charge in [0.2, 0.25) is 0 Å². The minimum absolute atomic E-state index is 0.227. The number of aryl methyl sites for hydroxylation is 1. The van der Waals surface area contributed by atoms with Gasteiger partial charge in [0.1, 0.15) is 5.75 Å². The van der Waals surface area contributed by atoms with Gasteiger partial charge in [-0.2, -0.15) is 0 Å². The Balaban J connectivity index is 2.01. The average Bonchev–Trinajstić information content (AvgIpc) is 2.49. The van der Waals surface area contributed by atoms with Crippen LogP contribution in [0, 0.1) is 0 Å². The lowest BCUT2D eigenvalue weighted by atomic mass is 10.2. The van der Waals surface area contributed by atoms with E-state index in [9.17, 15) is 4.79 Å². The third-order valence-corrected chi connectivity index (χ3v) is 3.21. The molecule has 0 spiro atoms. The van der Waals surface area contributed by atoms with Crippen molar-refractivity contribution in [2.75, 3.05) is 11.1 Å². The summed E-state index contributed by atoms with van der Waals surface area (Å²) in [4.78, 5) is 12.1. The zero-order valence-electron chi connectivity index (χ0n) is 12.3. The van der Waals surface area contributed by atoms with Crippen LogP contribution in [-0.2, 0) is 11.2 Å². The number of nitrogens with one attached hydrogen (secondary N) is 1. The fraction of sp³-hybridized carbons (Fsp3) is 0.235. The Kier molecular flexibility index (Phi) is 4.82. The molecule has 2 rings (SSSR count). The van der Waals surface area contributed by atoms with Gasteiger partial charge in [-0.15, -0.1) is 0 Å². The van der Waals surface area contributed by atoms with Crippen LogP contribution in [-0.4, -0.2) is 12.0 Å². The number of anilines is 2. The van der Waals surface area contributed by atoms with E-state index >= 15 is 0 Å². The normalized spacial score (nSPS) is 11.7. The summed E-state index contributed by atoms with van der Waals surface area (Å²) < 4.78 is 5.68. The Morgan fingerprint density at radius 1 is 1.24 bits per heavy atom. The van der Waals surface area contributed by atoms with Crippen LogP contribution in [0.2, 0.25) is 0 Å². The molecule has 110 valence electrons. The monoisotopic (exact) mass is 284 g/mol. The average molecular weight is 284 g/mol. The lowest BCUT2D eigenvalue weighted by Crippen LogP contribution is -2.30. The van der Waals surface area contributed by atoms with E-state index in [4.69, 9.17) is 10.5 Å². The van der Waals surface area contributed by atoms with Crippen molar-refractivity contribution in [1.82, 2.24) is 0 Å². The van der Waals surface area contributed by atoms with Crippen molar-refractivity contribution in [3.63, 3.8) is 0 Å². The molecule has 0 fully saturated rings. The van der Waals surface area contributed by atoms with Gasteiger partial charge in [0.15, 0.2) is 6.10 Å². The SMILES string of the molecule is CCc1cccc(OC(C)C(=O)Nc2ccccc2N)c1. The molecule has 0 radical (unpaired) electrons. The molecule has 1 unspecified atom stereocenters. The van der Waals surface area contributed by atoms with Crippen molar-refractivity contribution in [3.8, 4) is 5.75 Å². The second-order valence-corrected chi connectivity index (χ2v) is 4.84. The molecule has 4 heteroatoms. The Hall–Kier alpha value is -2.49. The third kappa shape index (κ3) is 3.99. The topological polar surface area (TPSA) is 64.3 Å². The zero-order chi connectivity index (χ0) is 15.2. The largest absolute Gasteiger partial charge is 0.481 e. The molecule has 2 aromatic carbocycles. The first-order valence-corrected chi connectivity index (χ1v) is 7.01. The number of hydrogen-bond acceptors (Lipinski definition) is 3. The molecule has 2 aromatic rings. The molecule has 1 atom stereocenters.